The van der Waals surface area contributed by atoms with Crippen LogP contribution in [0.1, 0.15) is 58.4 Å². The van der Waals surface area contributed by atoms with Gasteiger partial charge in [0, 0.05) is 11.3 Å². The fraction of sp³-hybridized carbons (Fsp3) is 0.269. The summed E-state index contributed by atoms with van der Waals surface area (Å²) in [5, 5.41) is 3.04. The molecule has 0 unspecified atom stereocenters. The van der Waals surface area contributed by atoms with Crippen molar-refractivity contribution in [1.29, 1.82) is 0 Å². The zero-order valence-corrected chi connectivity index (χ0v) is 19.2. The van der Waals surface area contributed by atoms with Gasteiger partial charge in [0.15, 0.2) is 0 Å². The lowest BCUT2D eigenvalue weighted by Crippen LogP contribution is -2.26. The molecular formula is C26H28N2O3S. The first-order valence-corrected chi connectivity index (χ1v) is 12.4. The molecule has 3 aromatic rings. The first-order valence-electron chi connectivity index (χ1n) is 10.9. The Morgan fingerprint density at radius 3 is 2.22 bits per heavy atom. The van der Waals surface area contributed by atoms with Crippen molar-refractivity contribution >= 4 is 21.6 Å². The van der Waals surface area contributed by atoms with Crippen LogP contribution in [0.4, 0.5) is 5.69 Å². The second-order valence-electron chi connectivity index (χ2n) is 8.43. The standard InChI is InChI=1S/C26H28N2O3S/c1-18-7-15-25(16-8-18)32(30,31)28-24-13-11-21(12-14-24)26(29)27-19(2)22-10-9-20-5-3-4-6-23(20)17-22/h7-17,19,28H,3-6H2,1-2H3,(H,27,29)/t19-/m0/s1. The number of hydrogen-bond donors (Lipinski definition) is 2. The quantitative estimate of drug-likeness (QED) is 0.547. The van der Waals surface area contributed by atoms with Gasteiger partial charge in [0.25, 0.3) is 15.9 Å². The molecule has 0 aliphatic heterocycles. The topological polar surface area (TPSA) is 75.3 Å². The molecule has 1 aliphatic carbocycles. The zero-order valence-electron chi connectivity index (χ0n) is 18.4. The SMILES string of the molecule is Cc1ccc(S(=O)(=O)Nc2ccc(C(=O)N[C@@H](C)c3ccc4c(c3)CCCC4)cc2)cc1. The summed E-state index contributed by atoms with van der Waals surface area (Å²) in [5.41, 5.74) is 5.78. The number of sulfonamides is 1. The predicted molar refractivity (Wildman–Crippen MR) is 127 cm³/mol. The Morgan fingerprint density at radius 2 is 1.53 bits per heavy atom. The Bertz CT molecular complexity index is 1220. The van der Waals surface area contributed by atoms with Gasteiger partial charge in [-0.05, 0) is 92.6 Å². The van der Waals surface area contributed by atoms with Crippen LogP contribution >= 0.6 is 0 Å². The number of carbonyl (C=O) groups is 1. The van der Waals surface area contributed by atoms with Crippen molar-refractivity contribution < 1.29 is 13.2 Å². The largest absolute Gasteiger partial charge is 0.346 e. The molecule has 0 aromatic heterocycles. The summed E-state index contributed by atoms with van der Waals surface area (Å²) in [5.74, 6) is -0.192. The molecular weight excluding hydrogens is 420 g/mol. The number of carbonyl (C=O) groups excluding carboxylic acids is 1. The lowest BCUT2D eigenvalue weighted by Gasteiger charge is -2.20. The first kappa shape index (κ1) is 22.1. The maximum Gasteiger partial charge on any atom is 0.261 e. The summed E-state index contributed by atoms with van der Waals surface area (Å²) in [6, 6.07) is 19.5. The van der Waals surface area contributed by atoms with E-state index < -0.39 is 10.0 Å². The molecule has 0 fully saturated rings. The lowest BCUT2D eigenvalue weighted by atomic mass is 9.89. The first-order chi connectivity index (χ1) is 15.3. The van der Waals surface area contributed by atoms with E-state index in [2.05, 4.69) is 28.2 Å². The minimum atomic E-state index is -3.68. The van der Waals surface area contributed by atoms with Gasteiger partial charge < -0.3 is 5.32 Å². The molecule has 1 amide bonds. The maximum atomic E-state index is 12.7. The van der Waals surface area contributed by atoms with E-state index in [1.807, 2.05) is 13.8 Å². The molecule has 0 saturated carbocycles. The number of rotatable bonds is 6. The van der Waals surface area contributed by atoms with E-state index in [9.17, 15) is 13.2 Å². The van der Waals surface area contributed by atoms with Gasteiger partial charge in [0.05, 0.1) is 10.9 Å². The molecule has 32 heavy (non-hydrogen) atoms. The highest BCUT2D eigenvalue weighted by molar-refractivity contribution is 7.92. The molecule has 1 atom stereocenters. The number of aryl methyl sites for hydroxylation is 3. The van der Waals surface area contributed by atoms with Crippen LogP contribution in [0, 0.1) is 6.92 Å². The van der Waals surface area contributed by atoms with Crippen LogP contribution in [-0.4, -0.2) is 14.3 Å². The number of amides is 1. The van der Waals surface area contributed by atoms with E-state index in [0.717, 1.165) is 24.0 Å². The molecule has 0 spiro atoms. The van der Waals surface area contributed by atoms with Gasteiger partial charge in [-0.2, -0.15) is 0 Å². The number of hydrogen-bond acceptors (Lipinski definition) is 3. The number of fused-ring (bicyclic) bond motifs is 1. The molecule has 166 valence electrons. The fourth-order valence-corrected chi connectivity index (χ4v) is 5.07. The maximum absolute atomic E-state index is 12.7. The Morgan fingerprint density at radius 1 is 0.875 bits per heavy atom. The van der Waals surface area contributed by atoms with Crippen molar-refractivity contribution in [3.05, 3.63) is 94.5 Å². The van der Waals surface area contributed by atoms with E-state index in [0.29, 0.717) is 11.3 Å². The normalized spacial score (nSPS) is 14.3. The summed E-state index contributed by atoms with van der Waals surface area (Å²) in [7, 11) is -3.68. The third kappa shape index (κ3) is 5.02. The second kappa shape index (κ2) is 9.17. The third-order valence-electron chi connectivity index (χ3n) is 5.95. The Labute approximate surface area is 189 Å². The average Bonchev–Trinajstić information content (AvgIpc) is 2.79. The molecule has 1 aliphatic rings. The minimum absolute atomic E-state index is 0.116. The highest BCUT2D eigenvalue weighted by Crippen LogP contribution is 2.25. The van der Waals surface area contributed by atoms with Crippen molar-refractivity contribution in [2.75, 3.05) is 4.72 Å². The van der Waals surface area contributed by atoms with Gasteiger partial charge in [-0.15, -0.1) is 0 Å². The molecule has 5 nitrogen and oxygen atoms in total. The Balaban J connectivity index is 1.41. The number of anilines is 1. The molecule has 3 aromatic carbocycles. The lowest BCUT2D eigenvalue weighted by molar-refractivity contribution is 0.0940. The molecule has 0 heterocycles. The summed E-state index contributed by atoms with van der Waals surface area (Å²) in [6.07, 6.45) is 4.70. The average molecular weight is 449 g/mol. The van der Waals surface area contributed by atoms with Crippen molar-refractivity contribution in [3.63, 3.8) is 0 Å². The van der Waals surface area contributed by atoms with Gasteiger partial charge in [-0.1, -0.05) is 35.9 Å². The van der Waals surface area contributed by atoms with Crippen LogP contribution in [0.15, 0.2) is 71.6 Å². The summed E-state index contributed by atoms with van der Waals surface area (Å²) >= 11 is 0. The van der Waals surface area contributed by atoms with E-state index in [-0.39, 0.29) is 16.8 Å². The summed E-state index contributed by atoms with van der Waals surface area (Å²) in [6.45, 7) is 3.88. The summed E-state index contributed by atoms with van der Waals surface area (Å²) in [4.78, 5) is 12.9. The van der Waals surface area contributed by atoms with Crippen molar-refractivity contribution in [2.24, 2.45) is 0 Å². The van der Waals surface area contributed by atoms with Crippen LogP contribution in [0.3, 0.4) is 0 Å². The Kier molecular flexibility index (Phi) is 6.33. The second-order valence-corrected chi connectivity index (χ2v) is 10.1. The van der Waals surface area contributed by atoms with Crippen LogP contribution in [0.5, 0.6) is 0 Å². The molecule has 0 bridgehead atoms. The van der Waals surface area contributed by atoms with Crippen LogP contribution in [0.2, 0.25) is 0 Å². The van der Waals surface area contributed by atoms with Crippen molar-refractivity contribution in [3.8, 4) is 0 Å². The molecule has 6 heteroatoms. The van der Waals surface area contributed by atoms with E-state index in [1.54, 1.807) is 48.5 Å². The van der Waals surface area contributed by atoms with Crippen molar-refractivity contribution in [1.82, 2.24) is 5.32 Å². The highest BCUT2D eigenvalue weighted by Gasteiger charge is 2.16. The van der Waals surface area contributed by atoms with E-state index in [1.165, 1.54) is 24.0 Å². The van der Waals surface area contributed by atoms with Gasteiger partial charge in [0.2, 0.25) is 0 Å². The van der Waals surface area contributed by atoms with E-state index >= 15 is 0 Å². The molecule has 2 N–H and O–H groups in total. The Hall–Kier alpha value is -3.12. The minimum Gasteiger partial charge on any atom is -0.346 e. The molecule has 4 rings (SSSR count). The van der Waals surface area contributed by atoms with Gasteiger partial charge in [-0.3, -0.25) is 9.52 Å². The monoisotopic (exact) mass is 448 g/mol. The zero-order chi connectivity index (χ0) is 22.7. The predicted octanol–water partition coefficient (Wildman–Crippen LogP) is 5.17. The number of benzene rings is 3. The third-order valence-corrected chi connectivity index (χ3v) is 7.35. The highest BCUT2D eigenvalue weighted by atomic mass is 32.2. The van der Waals surface area contributed by atoms with Crippen molar-refractivity contribution in [2.45, 2.75) is 50.5 Å². The van der Waals surface area contributed by atoms with Gasteiger partial charge in [0.1, 0.15) is 0 Å². The number of nitrogens with one attached hydrogen (secondary N) is 2. The molecule has 0 radical (unpaired) electrons. The van der Waals surface area contributed by atoms with Crippen LogP contribution in [-0.2, 0) is 22.9 Å². The summed E-state index contributed by atoms with van der Waals surface area (Å²) < 4.78 is 27.6. The molecule has 0 saturated heterocycles. The van der Waals surface area contributed by atoms with Crippen LogP contribution in [0.25, 0.3) is 0 Å². The fourth-order valence-electron chi connectivity index (χ4n) is 4.01. The van der Waals surface area contributed by atoms with Crippen LogP contribution < -0.4 is 10.0 Å². The van der Waals surface area contributed by atoms with Gasteiger partial charge >= 0.3 is 0 Å². The smallest absolute Gasteiger partial charge is 0.261 e. The van der Waals surface area contributed by atoms with Gasteiger partial charge in [-0.25, -0.2) is 8.42 Å². The van der Waals surface area contributed by atoms with E-state index in [4.69, 9.17) is 0 Å².